The van der Waals surface area contributed by atoms with Crippen molar-refractivity contribution in [2.24, 2.45) is 0 Å². The minimum Gasteiger partial charge on any atom is -0.490 e. The van der Waals surface area contributed by atoms with Crippen LogP contribution in [0.2, 0.25) is 0 Å². The van der Waals surface area contributed by atoms with Crippen molar-refractivity contribution in [1.29, 1.82) is 5.26 Å². The Bertz CT molecular complexity index is 1010. The molecule has 3 rings (SSSR count). The van der Waals surface area contributed by atoms with Gasteiger partial charge in [0.1, 0.15) is 6.07 Å². The summed E-state index contributed by atoms with van der Waals surface area (Å²) in [6, 6.07) is 13.5. The zero-order valence-electron chi connectivity index (χ0n) is 15.7. The Kier molecular flexibility index (Phi) is 5.32. The van der Waals surface area contributed by atoms with E-state index in [1.165, 1.54) is 0 Å². The molecule has 0 aliphatic heterocycles. The van der Waals surface area contributed by atoms with Gasteiger partial charge in [0, 0.05) is 24.7 Å². The van der Waals surface area contributed by atoms with E-state index in [1.807, 2.05) is 62.2 Å². The second kappa shape index (κ2) is 7.83. The lowest BCUT2D eigenvalue weighted by Gasteiger charge is -2.24. The van der Waals surface area contributed by atoms with Crippen molar-refractivity contribution in [1.82, 2.24) is 4.98 Å². The molecule has 0 amide bonds. The molecular weight excluding hydrogens is 340 g/mol. The molecule has 0 bridgehead atoms. The molecule has 0 fully saturated rings. The molecule has 1 aromatic heterocycles. The van der Waals surface area contributed by atoms with Crippen molar-refractivity contribution < 1.29 is 9.47 Å². The van der Waals surface area contributed by atoms with Crippen LogP contribution in [0.4, 0.5) is 17.1 Å². The molecule has 0 atom stereocenters. The Balaban J connectivity index is 2.28. The van der Waals surface area contributed by atoms with Gasteiger partial charge >= 0.3 is 0 Å². The van der Waals surface area contributed by atoms with Gasteiger partial charge in [-0.2, -0.15) is 5.26 Å². The number of benzene rings is 2. The Morgan fingerprint density at radius 3 is 2.41 bits per heavy atom. The number of nitrogen functional groups attached to an aromatic ring is 1. The van der Waals surface area contributed by atoms with Crippen LogP contribution in [-0.4, -0.2) is 25.2 Å². The first kappa shape index (κ1) is 18.3. The Morgan fingerprint density at radius 2 is 1.78 bits per heavy atom. The highest BCUT2D eigenvalue weighted by molar-refractivity contribution is 5.99. The van der Waals surface area contributed by atoms with Crippen LogP contribution < -0.4 is 20.1 Å². The molecule has 0 aliphatic carbocycles. The SMILES string of the molecule is CCOc1cc2ncc(C#N)c(N(C)c3ccccc3N)c2cc1OCC. The van der Waals surface area contributed by atoms with E-state index >= 15 is 0 Å². The minimum atomic E-state index is 0.458. The highest BCUT2D eigenvalue weighted by Crippen LogP contribution is 2.40. The fraction of sp³-hybridized carbons (Fsp3) is 0.238. The van der Waals surface area contributed by atoms with Crippen LogP contribution in [0.3, 0.4) is 0 Å². The number of fused-ring (bicyclic) bond motifs is 1. The summed E-state index contributed by atoms with van der Waals surface area (Å²) in [5.74, 6) is 1.26. The van der Waals surface area contributed by atoms with Gasteiger partial charge in [0.15, 0.2) is 11.5 Å². The number of ether oxygens (including phenoxy) is 2. The number of para-hydroxylation sites is 2. The average molecular weight is 362 g/mol. The zero-order chi connectivity index (χ0) is 19.4. The van der Waals surface area contributed by atoms with Crippen molar-refractivity contribution in [2.45, 2.75) is 13.8 Å². The number of nitrogens with two attached hydrogens (primary N) is 1. The topological polar surface area (TPSA) is 84.4 Å². The summed E-state index contributed by atoms with van der Waals surface area (Å²) in [4.78, 5) is 6.35. The first-order chi connectivity index (χ1) is 13.1. The summed E-state index contributed by atoms with van der Waals surface area (Å²) >= 11 is 0. The van der Waals surface area contributed by atoms with Gasteiger partial charge in [-0.1, -0.05) is 12.1 Å². The largest absolute Gasteiger partial charge is 0.490 e. The molecule has 0 aliphatic rings. The number of hydrogen-bond acceptors (Lipinski definition) is 6. The summed E-state index contributed by atoms with van der Waals surface area (Å²) in [5, 5.41) is 10.4. The summed E-state index contributed by atoms with van der Waals surface area (Å²) < 4.78 is 11.5. The van der Waals surface area contributed by atoms with Crippen molar-refractivity contribution in [2.75, 3.05) is 30.9 Å². The number of nitrogens with zero attached hydrogens (tertiary/aromatic N) is 3. The smallest absolute Gasteiger partial charge is 0.163 e. The van der Waals surface area contributed by atoms with Crippen LogP contribution in [0.5, 0.6) is 11.5 Å². The molecule has 0 saturated heterocycles. The van der Waals surface area contributed by atoms with E-state index in [1.54, 1.807) is 6.20 Å². The van der Waals surface area contributed by atoms with Crippen LogP contribution in [0, 0.1) is 11.3 Å². The van der Waals surface area contributed by atoms with Gasteiger partial charge in [0.05, 0.1) is 41.4 Å². The lowest BCUT2D eigenvalue weighted by atomic mass is 10.1. The predicted octanol–water partition coefficient (Wildman–Crippen LogP) is 4.25. The third kappa shape index (κ3) is 3.44. The predicted molar refractivity (Wildman–Crippen MR) is 108 cm³/mol. The van der Waals surface area contributed by atoms with E-state index in [-0.39, 0.29) is 0 Å². The van der Waals surface area contributed by atoms with Gasteiger partial charge in [0.25, 0.3) is 0 Å². The van der Waals surface area contributed by atoms with Gasteiger partial charge in [-0.3, -0.25) is 4.98 Å². The first-order valence-corrected chi connectivity index (χ1v) is 8.81. The van der Waals surface area contributed by atoms with E-state index in [9.17, 15) is 5.26 Å². The number of hydrogen-bond donors (Lipinski definition) is 1. The van der Waals surface area contributed by atoms with E-state index in [0.29, 0.717) is 36.0 Å². The minimum absolute atomic E-state index is 0.458. The van der Waals surface area contributed by atoms with Crippen molar-refractivity contribution in [3.8, 4) is 17.6 Å². The summed E-state index contributed by atoms with van der Waals surface area (Å²) in [5.41, 5.74) is 9.50. The quantitative estimate of drug-likeness (QED) is 0.660. The normalized spacial score (nSPS) is 10.4. The van der Waals surface area contributed by atoms with Crippen LogP contribution in [-0.2, 0) is 0 Å². The Morgan fingerprint density at radius 1 is 1.11 bits per heavy atom. The van der Waals surface area contributed by atoms with Crippen LogP contribution in [0.15, 0.2) is 42.6 Å². The fourth-order valence-electron chi connectivity index (χ4n) is 3.08. The van der Waals surface area contributed by atoms with Crippen LogP contribution in [0.25, 0.3) is 10.9 Å². The zero-order valence-corrected chi connectivity index (χ0v) is 15.7. The first-order valence-electron chi connectivity index (χ1n) is 8.81. The maximum Gasteiger partial charge on any atom is 0.163 e. The van der Waals surface area contributed by atoms with Crippen molar-refractivity contribution in [3.05, 3.63) is 48.2 Å². The molecule has 2 aromatic carbocycles. The number of rotatable bonds is 6. The van der Waals surface area contributed by atoms with Gasteiger partial charge in [-0.05, 0) is 32.0 Å². The molecule has 6 nitrogen and oxygen atoms in total. The van der Waals surface area contributed by atoms with E-state index < -0.39 is 0 Å². The molecule has 0 spiro atoms. The lowest BCUT2D eigenvalue weighted by Crippen LogP contribution is -2.14. The third-order valence-electron chi connectivity index (χ3n) is 4.26. The highest BCUT2D eigenvalue weighted by Gasteiger charge is 2.19. The number of pyridine rings is 1. The fourth-order valence-corrected chi connectivity index (χ4v) is 3.08. The summed E-state index contributed by atoms with van der Waals surface area (Å²) in [6.45, 7) is 4.87. The van der Waals surface area contributed by atoms with E-state index in [2.05, 4.69) is 11.1 Å². The molecule has 6 heteroatoms. The molecular formula is C21H22N4O2. The van der Waals surface area contributed by atoms with Gasteiger partial charge in [-0.25, -0.2) is 0 Å². The molecule has 2 N–H and O–H groups in total. The Labute approximate surface area is 158 Å². The maximum absolute atomic E-state index is 9.65. The monoisotopic (exact) mass is 362 g/mol. The summed E-state index contributed by atoms with van der Waals surface area (Å²) in [7, 11) is 1.89. The van der Waals surface area contributed by atoms with Gasteiger partial charge in [-0.15, -0.1) is 0 Å². The molecule has 3 aromatic rings. The van der Waals surface area contributed by atoms with Crippen molar-refractivity contribution >= 4 is 28.0 Å². The summed E-state index contributed by atoms with van der Waals surface area (Å²) in [6.07, 6.45) is 1.57. The molecule has 0 unspecified atom stereocenters. The van der Waals surface area contributed by atoms with E-state index in [0.717, 1.165) is 22.3 Å². The van der Waals surface area contributed by atoms with Gasteiger partial charge < -0.3 is 20.1 Å². The lowest BCUT2D eigenvalue weighted by molar-refractivity contribution is 0.288. The van der Waals surface area contributed by atoms with E-state index in [4.69, 9.17) is 15.2 Å². The Hall–Kier alpha value is -3.46. The van der Waals surface area contributed by atoms with Gasteiger partial charge in [0.2, 0.25) is 0 Å². The number of aromatic nitrogens is 1. The molecule has 0 radical (unpaired) electrons. The molecule has 0 saturated carbocycles. The standard InChI is InChI=1S/C21H22N4O2/c1-4-26-19-10-15-17(11-20(19)27-5-2)24-13-14(12-22)21(15)25(3)18-9-7-6-8-16(18)23/h6-11,13H,4-5,23H2,1-3H3. The van der Waals surface area contributed by atoms with Crippen LogP contribution in [0.1, 0.15) is 19.4 Å². The second-order valence-corrected chi connectivity index (χ2v) is 5.93. The number of nitriles is 1. The third-order valence-corrected chi connectivity index (χ3v) is 4.26. The molecule has 1 heterocycles. The highest BCUT2D eigenvalue weighted by atomic mass is 16.5. The van der Waals surface area contributed by atoms with Crippen molar-refractivity contribution in [3.63, 3.8) is 0 Å². The number of anilines is 3. The maximum atomic E-state index is 9.65. The molecule has 138 valence electrons. The van der Waals surface area contributed by atoms with Crippen LogP contribution >= 0.6 is 0 Å². The second-order valence-electron chi connectivity index (χ2n) is 5.93. The average Bonchev–Trinajstić information content (AvgIpc) is 2.68. The molecule has 27 heavy (non-hydrogen) atoms.